The van der Waals surface area contributed by atoms with E-state index in [-0.39, 0.29) is 0 Å². The fourth-order valence-electron chi connectivity index (χ4n) is 6.35. The van der Waals surface area contributed by atoms with Crippen LogP contribution >= 0.6 is 0 Å². The van der Waals surface area contributed by atoms with Gasteiger partial charge in [-0.05, 0) is 97.3 Å². The molecule has 150 valence electrons. The average molecular weight is 369 g/mol. The Hall–Kier alpha value is -1.07. The van der Waals surface area contributed by atoms with Crippen molar-refractivity contribution in [3.63, 3.8) is 0 Å². The third kappa shape index (κ3) is 4.34. The van der Waals surface area contributed by atoms with Crippen LogP contribution in [0.4, 0.5) is 0 Å². The summed E-state index contributed by atoms with van der Waals surface area (Å²) in [5.41, 5.74) is 7.95. The zero-order valence-corrected chi connectivity index (χ0v) is 18.4. The number of hydrogen-bond donors (Lipinski definition) is 0. The molecule has 0 amide bonds. The van der Waals surface area contributed by atoms with Crippen LogP contribution in [0.15, 0.2) is 28.5 Å². The Morgan fingerprint density at radius 1 is 1.15 bits per heavy atom. The van der Waals surface area contributed by atoms with Crippen LogP contribution in [0, 0.1) is 29.1 Å². The quantitative estimate of drug-likeness (QED) is 0.446. The molecule has 3 aliphatic carbocycles. The first-order chi connectivity index (χ1) is 12.8. The Balaban J connectivity index is 1.74. The highest BCUT2D eigenvalue weighted by Crippen LogP contribution is 2.59. The second-order valence-electron chi connectivity index (χ2n) is 10.3. The summed E-state index contributed by atoms with van der Waals surface area (Å²) >= 11 is 0. The zero-order chi connectivity index (χ0) is 19.6. The zero-order valence-electron chi connectivity index (χ0n) is 18.4. The molecule has 0 heterocycles. The number of carbonyl (C=O) groups is 1. The van der Waals surface area contributed by atoms with Crippen molar-refractivity contribution < 1.29 is 4.79 Å². The highest BCUT2D eigenvalue weighted by molar-refractivity contribution is 5.98. The van der Waals surface area contributed by atoms with E-state index in [1.165, 1.54) is 56.9 Å². The first kappa shape index (κ1) is 20.7. The van der Waals surface area contributed by atoms with Crippen molar-refractivity contribution in [3.05, 3.63) is 28.5 Å². The molecule has 2 fully saturated rings. The molecule has 4 unspecified atom stereocenters. The van der Waals surface area contributed by atoms with Crippen LogP contribution in [0.25, 0.3) is 0 Å². The lowest BCUT2D eigenvalue weighted by Crippen LogP contribution is -2.35. The molecule has 3 rings (SSSR count). The van der Waals surface area contributed by atoms with E-state index in [4.69, 9.17) is 0 Å². The van der Waals surface area contributed by atoms with Crippen molar-refractivity contribution >= 4 is 5.78 Å². The molecule has 0 aromatic heterocycles. The molecule has 0 aromatic rings. The smallest absolute Gasteiger partial charge is 0.159 e. The van der Waals surface area contributed by atoms with Crippen molar-refractivity contribution in [2.45, 2.75) is 98.8 Å². The number of ketones is 1. The SMILES string of the molecule is CC1=C(C=C=C2CCCC3(C)C2CCC3C(C)CCCC(C)C)CCC1=O. The third-order valence-corrected chi connectivity index (χ3v) is 8.07. The normalized spacial score (nSPS) is 32.1. The van der Waals surface area contributed by atoms with Crippen molar-refractivity contribution in [1.82, 2.24) is 0 Å². The minimum absolute atomic E-state index is 0.331. The maximum absolute atomic E-state index is 11.8. The predicted octanol–water partition coefficient (Wildman–Crippen LogP) is 7.43. The maximum atomic E-state index is 11.8. The van der Waals surface area contributed by atoms with Gasteiger partial charge in [0, 0.05) is 6.42 Å². The van der Waals surface area contributed by atoms with E-state index in [1.807, 2.05) is 6.92 Å². The number of rotatable bonds is 6. The molecule has 0 bridgehead atoms. The van der Waals surface area contributed by atoms with E-state index in [0.717, 1.165) is 35.7 Å². The fourth-order valence-corrected chi connectivity index (χ4v) is 6.35. The molecule has 1 nitrogen and oxygen atoms in total. The lowest BCUT2D eigenvalue weighted by atomic mass is 9.61. The molecule has 1 heteroatoms. The van der Waals surface area contributed by atoms with E-state index < -0.39 is 0 Å². The van der Waals surface area contributed by atoms with Gasteiger partial charge in [-0.25, -0.2) is 0 Å². The Kier molecular flexibility index (Phi) is 6.52. The van der Waals surface area contributed by atoms with Gasteiger partial charge in [0.1, 0.15) is 0 Å². The van der Waals surface area contributed by atoms with Crippen LogP contribution < -0.4 is 0 Å². The molecule has 2 saturated carbocycles. The molecule has 3 aliphatic rings. The van der Waals surface area contributed by atoms with Gasteiger partial charge in [-0.1, -0.05) is 47.0 Å². The second-order valence-corrected chi connectivity index (χ2v) is 10.3. The van der Waals surface area contributed by atoms with Gasteiger partial charge >= 0.3 is 0 Å². The Morgan fingerprint density at radius 2 is 1.93 bits per heavy atom. The van der Waals surface area contributed by atoms with E-state index in [2.05, 4.69) is 39.5 Å². The van der Waals surface area contributed by atoms with Crippen molar-refractivity contribution in [2.75, 3.05) is 0 Å². The Bertz CT molecular complexity index is 658. The lowest BCUT2D eigenvalue weighted by molar-refractivity contribution is -0.114. The van der Waals surface area contributed by atoms with Gasteiger partial charge in [0.2, 0.25) is 0 Å². The highest BCUT2D eigenvalue weighted by Gasteiger charge is 2.50. The number of allylic oxidation sites excluding steroid dienone is 3. The van der Waals surface area contributed by atoms with Crippen LogP contribution in [-0.4, -0.2) is 5.78 Å². The lowest BCUT2D eigenvalue weighted by Gasteiger charge is -2.44. The summed E-state index contributed by atoms with van der Waals surface area (Å²) in [6.07, 6.45) is 14.6. The Morgan fingerprint density at radius 3 is 2.59 bits per heavy atom. The minimum atomic E-state index is 0.331. The molecule has 27 heavy (non-hydrogen) atoms. The molecule has 0 saturated heterocycles. The van der Waals surface area contributed by atoms with E-state index in [1.54, 1.807) is 5.57 Å². The van der Waals surface area contributed by atoms with Gasteiger partial charge < -0.3 is 0 Å². The van der Waals surface area contributed by atoms with E-state index >= 15 is 0 Å². The third-order valence-electron chi connectivity index (χ3n) is 8.07. The van der Waals surface area contributed by atoms with Crippen molar-refractivity contribution in [1.29, 1.82) is 0 Å². The average Bonchev–Trinajstić information content (AvgIpc) is 3.13. The minimum Gasteiger partial charge on any atom is -0.295 e. The van der Waals surface area contributed by atoms with Crippen LogP contribution in [0.5, 0.6) is 0 Å². The number of Topliss-reactive ketones (excluding diaryl/α,β-unsaturated/α-hetero) is 1. The first-order valence-electron chi connectivity index (χ1n) is 11.5. The van der Waals surface area contributed by atoms with Crippen molar-refractivity contribution in [3.8, 4) is 0 Å². The van der Waals surface area contributed by atoms with Crippen LogP contribution in [0.2, 0.25) is 0 Å². The van der Waals surface area contributed by atoms with Gasteiger partial charge in [-0.15, -0.1) is 5.73 Å². The molecular weight excluding hydrogens is 328 g/mol. The molecule has 0 aromatic carbocycles. The van der Waals surface area contributed by atoms with Crippen LogP contribution in [0.1, 0.15) is 98.8 Å². The molecule has 4 atom stereocenters. The summed E-state index contributed by atoms with van der Waals surface area (Å²) in [7, 11) is 0. The molecule has 0 aliphatic heterocycles. The topological polar surface area (TPSA) is 17.1 Å². The monoisotopic (exact) mass is 368 g/mol. The Labute approximate surface area is 167 Å². The van der Waals surface area contributed by atoms with Crippen LogP contribution in [-0.2, 0) is 4.79 Å². The summed E-state index contributed by atoms with van der Waals surface area (Å²) in [5.74, 6) is 3.61. The van der Waals surface area contributed by atoms with Gasteiger partial charge in [-0.2, -0.15) is 0 Å². The molecular formula is C26H40O. The largest absolute Gasteiger partial charge is 0.295 e. The van der Waals surface area contributed by atoms with Gasteiger partial charge in [0.15, 0.2) is 5.78 Å². The first-order valence-corrected chi connectivity index (χ1v) is 11.5. The highest BCUT2D eigenvalue weighted by atomic mass is 16.1. The molecule has 0 spiro atoms. The second kappa shape index (κ2) is 8.52. The van der Waals surface area contributed by atoms with E-state index in [0.29, 0.717) is 17.6 Å². The standard InChI is InChI=1S/C26H40O/c1-18(2)8-6-9-19(3)23-14-15-24-22(10-7-17-26(23,24)5)12-11-21-13-16-25(27)20(21)4/h11,18-19,23-24H,6-10,13-17H2,1-5H3. The van der Waals surface area contributed by atoms with Gasteiger partial charge in [0.25, 0.3) is 0 Å². The summed E-state index contributed by atoms with van der Waals surface area (Å²) < 4.78 is 0. The maximum Gasteiger partial charge on any atom is 0.159 e. The van der Waals surface area contributed by atoms with Gasteiger partial charge in [0.05, 0.1) is 0 Å². The number of hydrogen-bond acceptors (Lipinski definition) is 1. The van der Waals surface area contributed by atoms with Gasteiger partial charge in [-0.3, -0.25) is 4.79 Å². The fraction of sp³-hybridized carbons (Fsp3) is 0.769. The van der Waals surface area contributed by atoms with Crippen LogP contribution in [0.3, 0.4) is 0 Å². The summed E-state index contributed by atoms with van der Waals surface area (Å²) in [6.45, 7) is 11.8. The summed E-state index contributed by atoms with van der Waals surface area (Å²) in [6, 6.07) is 0. The summed E-state index contributed by atoms with van der Waals surface area (Å²) in [5, 5.41) is 0. The predicted molar refractivity (Wildman–Crippen MR) is 115 cm³/mol. The van der Waals surface area contributed by atoms with E-state index in [9.17, 15) is 4.79 Å². The molecule has 0 radical (unpaired) electrons. The number of carbonyl (C=O) groups excluding carboxylic acids is 1. The number of fused-ring (bicyclic) bond motifs is 1. The summed E-state index contributed by atoms with van der Waals surface area (Å²) in [4.78, 5) is 11.8. The van der Waals surface area contributed by atoms with Crippen molar-refractivity contribution in [2.24, 2.45) is 29.1 Å². The molecule has 0 N–H and O–H groups in total.